The zero-order valence-corrected chi connectivity index (χ0v) is 6.49. The number of halogens is 1. The van der Waals surface area contributed by atoms with E-state index in [9.17, 15) is 4.39 Å². The van der Waals surface area contributed by atoms with E-state index in [2.05, 4.69) is 15.7 Å². The average Bonchev–Trinajstić information content (AvgIpc) is 1.87. The summed E-state index contributed by atoms with van der Waals surface area (Å²) in [5, 5.41) is 0. The van der Waals surface area contributed by atoms with Gasteiger partial charge in [0.2, 0.25) is 0 Å². The van der Waals surface area contributed by atoms with Crippen molar-refractivity contribution in [1.29, 1.82) is 0 Å². The lowest BCUT2D eigenvalue weighted by molar-refractivity contribution is 0.671. The van der Waals surface area contributed by atoms with Gasteiger partial charge in [0.05, 0.1) is 12.1 Å². The molecule has 0 atom stereocenters. The van der Waals surface area contributed by atoms with Crippen LogP contribution in [0.1, 0.15) is 0 Å². The van der Waals surface area contributed by atoms with E-state index in [1.807, 2.05) is 0 Å². The molecule has 0 aromatic heterocycles. The summed E-state index contributed by atoms with van der Waals surface area (Å²) in [6, 6.07) is 0. The Balaban J connectivity index is 3.42. The molecule has 0 bridgehead atoms. The van der Waals surface area contributed by atoms with Crippen LogP contribution in [-0.4, -0.2) is 13.3 Å². The molecule has 0 radical (unpaired) electrons. The van der Waals surface area contributed by atoms with Crippen molar-refractivity contribution >= 4 is 18.3 Å². The monoisotopic (exact) mass is 160 g/mol. The van der Waals surface area contributed by atoms with Crippen molar-refractivity contribution in [1.82, 2.24) is 4.72 Å². The van der Waals surface area contributed by atoms with Crippen LogP contribution in [0.4, 0.5) is 4.39 Å². The predicted octanol–water partition coefficient (Wildman–Crippen LogP) is 1.88. The Kier molecular flexibility index (Phi) is 6.11. The van der Waals surface area contributed by atoms with E-state index in [4.69, 9.17) is 0 Å². The van der Waals surface area contributed by atoms with Crippen LogP contribution in [0, 0.1) is 0 Å². The first-order chi connectivity index (χ1) is 4.77. The van der Waals surface area contributed by atoms with Crippen LogP contribution >= 0.6 is 12.1 Å². The highest BCUT2D eigenvalue weighted by Crippen LogP contribution is 1.93. The minimum absolute atomic E-state index is 0.471. The number of hydrogen-bond donors (Lipinski definition) is 1. The quantitative estimate of drug-likeness (QED) is 0.386. The first-order valence-corrected chi connectivity index (χ1v) is 3.42. The SMILES string of the molecule is C=C(F)/C=C\C=N\SNC. The molecular formula is C6H9FN2S. The van der Waals surface area contributed by atoms with Crippen molar-refractivity contribution in [3.05, 3.63) is 24.6 Å². The van der Waals surface area contributed by atoms with Gasteiger partial charge >= 0.3 is 0 Å². The standard InChI is InChI=1S/C6H9FN2S/c1-6(7)4-3-5-9-10-8-2/h3-5,8H,1H2,2H3/b4-3-,9-5+. The van der Waals surface area contributed by atoms with Crippen molar-refractivity contribution in [2.24, 2.45) is 4.40 Å². The van der Waals surface area contributed by atoms with Gasteiger partial charge in [0.1, 0.15) is 5.83 Å². The van der Waals surface area contributed by atoms with E-state index in [0.717, 1.165) is 0 Å². The highest BCUT2D eigenvalue weighted by molar-refractivity contribution is 7.96. The number of allylic oxidation sites excluding steroid dienone is 3. The summed E-state index contributed by atoms with van der Waals surface area (Å²) >= 11 is 1.18. The second-order valence-electron chi connectivity index (χ2n) is 1.36. The molecule has 2 nitrogen and oxygen atoms in total. The summed E-state index contributed by atoms with van der Waals surface area (Å²) in [5.74, 6) is -0.471. The molecule has 56 valence electrons. The highest BCUT2D eigenvalue weighted by Gasteiger charge is 1.74. The third-order valence-electron chi connectivity index (χ3n) is 0.568. The molecule has 1 N–H and O–H groups in total. The molecule has 0 saturated carbocycles. The van der Waals surface area contributed by atoms with Crippen molar-refractivity contribution in [2.45, 2.75) is 0 Å². The van der Waals surface area contributed by atoms with Crippen LogP contribution in [0.2, 0.25) is 0 Å². The molecule has 0 aliphatic heterocycles. The van der Waals surface area contributed by atoms with Crippen LogP contribution in [0.15, 0.2) is 29.0 Å². The largest absolute Gasteiger partial charge is 0.247 e. The summed E-state index contributed by atoms with van der Waals surface area (Å²) in [5.41, 5.74) is 0. The zero-order chi connectivity index (χ0) is 7.82. The minimum atomic E-state index is -0.471. The summed E-state index contributed by atoms with van der Waals surface area (Å²) in [4.78, 5) is 0. The molecule has 0 spiro atoms. The van der Waals surface area contributed by atoms with E-state index in [0.29, 0.717) is 0 Å². The van der Waals surface area contributed by atoms with Gasteiger partial charge in [-0.15, -0.1) is 0 Å². The fraction of sp³-hybridized carbons (Fsp3) is 0.167. The number of nitrogens with one attached hydrogen (secondary N) is 1. The molecule has 0 amide bonds. The Morgan fingerprint density at radius 3 is 3.00 bits per heavy atom. The zero-order valence-electron chi connectivity index (χ0n) is 5.67. The molecule has 0 aliphatic rings. The van der Waals surface area contributed by atoms with Gasteiger partial charge in [-0.05, 0) is 19.2 Å². The Morgan fingerprint density at radius 2 is 2.50 bits per heavy atom. The van der Waals surface area contributed by atoms with E-state index < -0.39 is 5.83 Å². The molecular weight excluding hydrogens is 151 g/mol. The maximum Gasteiger partial charge on any atom is 0.116 e. The van der Waals surface area contributed by atoms with Gasteiger partial charge in [0.15, 0.2) is 0 Å². The lowest BCUT2D eigenvalue weighted by atomic mass is 10.5. The van der Waals surface area contributed by atoms with E-state index in [1.54, 1.807) is 7.05 Å². The fourth-order valence-corrected chi connectivity index (χ4v) is 0.502. The Labute approximate surface area is 64.2 Å². The predicted molar refractivity (Wildman–Crippen MR) is 44.5 cm³/mol. The summed E-state index contributed by atoms with van der Waals surface area (Å²) in [7, 11) is 1.75. The van der Waals surface area contributed by atoms with Crippen LogP contribution < -0.4 is 4.72 Å². The van der Waals surface area contributed by atoms with Crippen LogP contribution in [0.25, 0.3) is 0 Å². The number of hydrogen-bond acceptors (Lipinski definition) is 3. The van der Waals surface area contributed by atoms with Crippen LogP contribution in [-0.2, 0) is 0 Å². The van der Waals surface area contributed by atoms with Gasteiger partial charge in [0, 0.05) is 6.21 Å². The highest BCUT2D eigenvalue weighted by atomic mass is 32.2. The van der Waals surface area contributed by atoms with Gasteiger partial charge in [-0.25, -0.2) is 13.5 Å². The Hall–Kier alpha value is -0.610. The molecule has 0 heterocycles. The van der Waals surface area contributed by atoms with Crippen molar-refractivity contribution in [3.63, 3.8) is 0 Å². The smallest absolute Gasteiger partial charge is 0.116 e. The molecule has 0 rings (SSSR count). The topological polar surface area (TPSA) is 24.4 Å². The first-order valence-electron chi connectivity index (χ1n) is 2.64. The summed E-state index contributed by atoms with van der Waals surface area (Å²) in [6.07, 6.45) is 4.19. The molecule has 0 aromatic carbocycles. The van der Waals surface area contributed by atoms with E-state index in [-0.39, 0.29) is 0 Å². The van der Waals surface area contributed by atoms with E-state index >= 15 is 0 Å². The van der Waals surface area contributed by atoms with Gasteiger partial charge in [-0.3, -0.25) is 0 Å². The van der Waals surface area contributed by atoms with Gasteiger partial charge < -0.3 is 0 Å². The molecule has 0 fully saturated rings. The fourth-order valence-electron chi connectivity index (χ4n) is 0.266. The van der Waals surface area contributed by atoms with Crippen molar-refractivity contribution in [3.8, 4) is 0 Å². The second-order valence-corrected chi connectivity index (χ2v) is 2.16. The molecule has 0 unspecified atom stereocenters. The third kappa shape index (κ3) is 7.39. The number of rotatable bonds is 4. The summed E-state index contributed by atoms with van der Waals surface area (Å²) < 4.78 is 18.3. The van der Waals surface area contributed by atoms with E-state index in [1.165, 1.54) is 30.5 Å². The molecule has 4 heteroatoms. The van der Waals surface area contributed by atoms with Gasteiger partial charge in [-0.2, -0.15) is 0 Å². The Bertz CT molecular complexity index is 154. The molecule has 0 saturated heterocycles. The van der Waals surface area contributed by atoms with Crippen LogP contribution in [0.3, 0.4) is 0 Å². The lowest BCUT2D eigenvalue weighted by Crippen LogP contribution is -1.86. The van der Waals surface area contributed by atoms with Gasteiger partial charge in [-0.1, -0.05) is 6.58 Å². The molecule has 10 heavy (non-hydrogen) atoms. The maximum absolute atomic E-state index is 11.8. The van der Waals surface area contributed by atoms with Crippen molar-refractivity contribution in [2.75, 3.05) is 7.05 Å². The van der Waals surface area contributed by atoms with Gasteiger partial charge in [0.25, 0.3) is 0 Å². The third-order valence-corrected chi connectivity index (χ3v) is 0.978. The normalized spacial score (nSPS) is 11.4. The van der Waals surface area contributed by atoms with Crippen LogP contribution in [0.5, 0.6) is 0 Å². The van der Waals surface area contributed by atoms with Crippen molar-refractivity contribution < 1.29 is 4.39 Å². The molecule has 0 aromatic rings. The maximum atomic E-state index is 11.8. The first kappa shape index (κ1) is 9.39. The second kappa shape index (κ2) is 6.51. The average molecular weight is 160 g/mol. The Morgan fingerprint density at radius 1 is 1.80 bits per heavy atom. The molecule has 0 aliphatic carbocycles. The minimum Gasteiger partial charge on any atom is -0.247 e. The summed E-state index contributed by atoms with van der Waals surface area (Å²) in [6.45, 7) is 3.04. The lowest BCUT2D eigenvalue weighted by Gasteiger charge is -1.82. The number of nitrogens with zero attached hydrogens (tertiary/aromatic N) is 1.